The largest absolute Gasteiger partial charge is 0.406 e. The van der Waals surface area contributed by atoms with Crippen molar-refractivity contribution in [2.45, 2.75) is 52.6 Å². The lowest BCUT2D eigenvalue weighted by atomic mass is 9.78. The van der Waals surface area contributed by atoms with Gasteiger partial charge >= 0.3 is 6.18 Å². The van der Waals surface area contributed by atoms with E-state index in [0.717, 1.165) is 17.7 Å². The Bertz CT molecular complexity index is 274. The number of carbonyl (C=O) groups excluding carboxylic acids is 1. The topological polar surface area (TPSA) is 46.3 Å². The van der Waals surface area contributed by atoms with Crippen LogP contribution in [0.15, 0.2) is 0 Å². The summed E-state index contributed by atoms with van der Waals surface area (Å²) in [6.45, 7) is 4.33. The van der Waals surface area contributed by atoms with E-state index < -0.39 is 24.0 Å². The van der Waals surface area contributed by atoms with Gasteiger partial charge in [0.1, 0.15) is 6.54 Å². The van der Waals surface area contributed by atoms with Crippen molar-refractivity contribution in [2.24, 2.45) is 11.1 Å². The number of halogens is 3. The lowest BCUT2D eigenvalue weighted by Crippen LogP contribution is -2.50. The Hall–Kier alpha value is -0.780. The van der Waals surface area contributed by atoms with Gasteiger partial charge in [-0.05, 0) is 19.8 Å². The Morgan fingerprint density at radius 2 is 1.58 bits per heavy atom. The molecule has 0 rings (SSSR count). The van der Waals surface area contributed by atoms with Gasteiger partial charge in [0.25, 0.3) is 0 Å². The monoisotopic (exact) mass is 282 g/mol. The van der Waals surface area contributed by atoms with Crippen LogP contribution in [0.2, 0.25) is 0 Å². The summed E-state index contributed by atoms with van der Waals surface area (Å²) in [4.78, 5) is 13.3. The van der Waals surface area contributed by atoms with Crippen molar-refractivity contribution >= 4 is 5.91 Å². The number of nitrogens with zero attached hydrogens (tertiary/aromatic N) is 1. The van der Waals surface area contributed by atoms with Crippen LogP contribution in [-0.2, 0) is 4.79 Å². The number of rotatable bonds is 8. The van der Waals surface area contributed by atoms with Crippen molar-refractivity contribution in [3.63, 3.8) is 0 Å². The third kappa shape index (κ3) is 5.38. The Morgan fingerprint density at radius 1 is 1.11 bits per heavy atom. The van der Waals surface area contributed by atoms with Crippen molar-refractivity contribution < 1.29 is 18.0 Å². The smallest absolute Gasteiger partial charge is 0.333 e. The standard InChI is InChI=1S/C13H25F3N2O/c1-4-7-12(9-17,8-5-2)11(19)18(6-3)10-13(14,15)16/h4-10,17H2,1-3H3. The molecule has 0 spiro atoms. The molecule has 0 aliphatic rings. The van der Waals surface area contributed by atoms with Gasteiger partial charge in [-0.2, -0.15) is 13.2 Å². The van der Waals surface area contributed by atoms with Crippen LogP contribution in [0.5, 0.6) is 0 Å². The molecule has 0 aromatic heterocycles. The third-order valence-electron chi connectivity index (χ3n) is 3.34. The van der Waals surface area contributed by atoms with Crippen molar-refractivity contribution in [3.8, 4) is 0 Å². The van der Waals surface area contributed by atoms with E-state index in [1.807, 2.05) is 13.8 Å². The summed E-state index contributed by atoms with van der Waals surface area (Å²) in [5.41, 5.74) is 4.87. The highest BCUT2D eigenvalue weighted by Gasteiger charge is 2.41. The Kier molecular flexibility index (Phi) is 7.41. The van der Waals surface area contributed by atoms with E-state index in [4.69, 9.17) is 5.73 Å². The molecule has 0 radical (unpaired) electrons. The average molecular weight is 282 g/mol. The fraction of sp³-hybridized carbons (Fsp3) is 0.923. The van der Waals surface area contributed by atoms with Gasteiger partial charge in [-0.3, -0.25) is 4.79 Å². The van der Waals surface area contributed by atoms with Gasteiger partial charge in [0.15, 0.2) is 0 Å². The maximum atomic E-state index is 12.5. The third-order valence-corrected chi connectivity index (χ3v) is 3.34. The molecule has 0 fully saturated rings. The zero-order valence-corrected chi connectivity index (χ0v) is 12.0. The first-order chi connectivity index (χ1) is 8.76. The van der Waals surface area contributed by atoms with Crippen molar-refractivity contribution in [2.75, 3.05) is 19.6 Å². The second-order valence-electron chi connectivity index (χ2n) is 4.92. The summed E-state index contributed by atoms with van der Waals surface area (Å²) in [5, 5.41) is 0. The molecule has 0 saturated carbocycles. The number of nitrogens with two attached hydrogens (primary N) is 1. The van der Waals surface area contributed by atoms with Crippen LogP contribution in [0, 0.1) is 5.41 Å². The van der Waals surface area contributed by atoms with Gasteiger partial charge in [-0.25, -0.2) is 0 Å². The van der Waals surface area contributed by atoms with Gasteiger partial charge in [0.2, 0.25) is 5.91 Å². The summed E-state index contributed by atoms with van der Waals surface area (Å²) in [6, 6.07) is 0. The minimum Gasteiger partial charge on any atom is -0.333 e. The van der Waals surface area contributed by atoms with Gasteiger partial charge < -0.3 is 10.6 Å². The summed E-state index contributed by atoms with van der Waals surface area (Å²) >= 11 is 0. The molecule has 0 aliphatic heterocycles. The summed E-state index contributed by atoms with van der Waals surface area (Å²) in [7, 11) is 0. The molecule has 0 heterocycles. The van der Waals surface area contributed by atoms with E-state index in [1.54, 1.807) is 6.92 Å². The van der Waals surface area contributed by atoms with Crippen molar-refractivity contribution in [3.05, 3.63) is 0 Å². The Balaban J connectivity index is 5.13. The van der Waals surface area contributed by atoms with E-state index >= 15 is 0 Å². The van der Waals surface area contributed by atoms with Gasteiger partial charge in [-0.15, -0.1) is 0 Å². The van der Waals surface area contributed by atoms with Crippen LogP contribution >= 0.6 is 0 Å². The summed E-state index contributed by atoms with van der Waals surface area (Å²) < 4.78 is 37.5. The van der Waals surface area contributed by atoms with Crippen LogP contribution in [0.25, 0.3) is 0 Å². The molecule has 19 heavy (non-hydrogen) atoms. The summed E-state index contributed by atoms with van der Waals surface area (Å²) in [6.07, 6.45) is -1.85. The predicted molar refractivity (Wildman–Crippen MR) is 69.6 cm³/mol. The van der Waals surface area contributed by atoms with Gasteiger partial charge in [0, 0.05) is 13.1 Å². The number of carbonyl (C=O) groups is 1. The molecular formula is C13H25F3N2O. The first-order valence-electron chi connectivity index (χ1n) is 6.82. The van der Waals surface area contributed by atoms with Crippen LogP contribution in [-0.4, -0.2) is 36.6 Å². The molecule has 2 N–H and O–H groups in total. The van der Waals surface area contributed by atoms with Gasteiger partial charge in [-0.1, -0.05) is 26.7 Å². The molecule has 0 saturated heterocycles. The van der Waals surface area contributed by atoms with Crippen molar-refractivity contribution in [1.29, 1.82) is 0 Å². The van der Waals surface area contributed by atoms with Crippen LogP contribution < -0.4 is 5.73 Å². The van der Waals surface area contributed by atoms with E-state index in [-0.39, 0.29) is 13.1 Å². The highest BCUT2D eigenvalue weighted by atomic mass is 19.4. The molecule has 0 aromatic carbocycles. The maximum Gasteiger partial charge on any atom is 0.406 e. The van der Waals surface area contributed by atoms with E-state index in [1.165, 1.54) is 0 Å². The normalized spacial score (nSPS) is 12.6. The molecule has 0 aliphatic carbocycles. The zero-order valence-electron chi connectivity index (χ0n) is 12.0. The second-order valence-corrected chi connectivity index (χ2v) is 4.92. The SMILES string of the molecule is CCCC(CN)(CCC)C(=O)N(CC)CC(F)(F)F. The van der Waals surface area contributed by atoms with E-state index in [9.17, 15) is 18.0 Å². The fourth-order valence-corrected chi connectivity index (χ4v) is 2.47. The molecule has 0 unspecified atom stereocenters. The second kappa shape index (κ2) is 7.72. The maximum absolute atomic E-state index is 12.5. The fourth-order valence-electron chi connectivity index (χ4n) is 2.47. The van der Waals surface area contributed by atoms with Crippen molar-refractivity contribution in [1.82, 2.24) is 4.90 Å². The molecule has 0 bridgehead atoms. The molecular weight excluding hydrogens is 257 g/mol. The lowest BCUT2D eigenvalue weighted by Gasteiger charge is -2.36. The molecule has 0 aromatic rings. The van der Waals surface area contributed by atoms with Crippen LogP contribution in [0.1, 0.15) is 46.5 Å². The molecule has 0 atom stereocenters. The average Bonchev–Trinajstić information content (AvgIpc) is 2.33. The number of hydrogen-bond donors (Lipinski definition) is 1. The first-order valence-corrected chi connectivity index (χ1v) is 6.82. The lowest BCUT2D eigenvalue weighted by molar-refractivity contribution is -0.167. The minimum absolute atomic E-state index is 0.0491. The van der Waals surface area contributed by atoms with E-state index in [2.05, 4.69) is 0 Å². The summed E-state index contributed by atoms with van der Waals surface area (Å²) in [5.74, 6) is -0.460. The highest BCUT2D eigenvalue weighted by Crippen LogP contribution is 2.32. The van der Waals surface area contributed by atoms with Crippen LogP contribution in [0.3, 0.4) is 0 Å². The first kappa shape index (κ1) is 18.2. The molecule has 1 amide bonds. The number of amides is 1. The zero-order chi connectivity index (χ0) is 15.1. The molecule has 114 valence electrons. The van der Waals surface area contributed by atoms with Crippen LogP contribution in [0.4, 0.5) is 13.2 Å². The Labute approximate surface area is 113 Å². The molecule has 6 heteroatoms. The molecule has 3 nitrogen and oxygen atoms in total. The number of hydrogen-bond acceptors (Lipinski definition) is 2. The van der Waals surface area contributed by atoms with E-state index in [0.29, 0.717) is 12.8 Å². The predicted octanol–water partition coefficient (Wildman–Crippen LogP) is 2.94. The van der Waals surface area contributed by atoms with Gasteiger partial charge in [0.05, 0.1) is 5.41 Å². The quantitative estimate of drug-likeness (QED) is 0.744. The minimum atomic E-state index is -4.37. The number of alkyl halides is 3. The highest BCUT2D eigenvalue weighted by molar-refractivity contribution is 5.83. The Morgan fingerprint density at radius 3 is 1.84 bits per heavy atom.